The van der Waals surface area contributed by atoms with Crippen molar-refractivity contribution in [3.63, 3.8) is 0 Å². The van der Waals surface area contributed by atoms with E-state index in [1.165, 1.54) is 80.0 Å². The summed E-state index contributed by atoms with van der Waals surface area (Å²) in [6, 6.07) is 7.04. The van der Waals surface area contributed by atoms with Crippen molar-refractivity contribution in [1.82, 2.24) is 14.9 Å². The standard InChI is InChI=1S/C30H45N3/c1-6-23-9-8-10-25(14-13-23)22(4)26-15-16-29-28(19-26)32-30(33(29)5)27(20-31-7-2)18-21(3)17-24-11-12-24/h15-16,18-20,22-25,31H,6-14,17H2,1-5H3/b21-18-,27-20+/t22-,23+,25?/m0/s1. The van der Waals surface area contributed by atoms with Gasteiger partial charge >= 0.3 is 0 Å². The van der Waals surface area contributed by atoms with Gasteiger partial charge in [-0.1, -0.05) is 57.2 Å². The van der Waals surface area contributed by atoms with E-state index in [0.717, 1.165) is 35.6 Å². The number of imidazole rings is 1. The highest BCUT2D eigenvalue weighted by Gasteiger charge is 2.24. The topological polar surface area (TPSA) is 29.9 Å². The molecule has 3 atom stereocenters. The van der Waals surface area contributed by atoms with Crippen LogP contribution >= 0.6 is 0 Å². The number of hydrogen-bond donors (Lipinski definition) is 1. The molecule has 0 aliphatic heterocycles. The number of aryl methyl sites for hydroxylation is 1. The second-order valence-corrected chi connectivity index (χ2v) is 10.9. The van der Waals surface area contributed by atoms with Gasteiger partial charge in [0.15, 0.2) is 0 Å². The number of benzene rings is 1. The average molecular weight is 448 g/mol. The first-order valence-electron chi connectivity index (χ1n) is 13.6. The van der Waals surface area contributed by atoms with Crippen LogP contribution in [0.2, 0.25) is 0 Å². The maximum Gasteiger partial charge on any atom is 0.142 e. The van der Waals surface area contributed by atoms with Crippen molar-refractivity contribution in [3.8, 4) is 0 Å². The first-order valence-corrected chi connectivity index (χ1v) is 13.6. The molecule has 2 fully saturated rings. The highest BCUT2D eigenvalue weighted by Crippen LogP contribution is 2.39. The molecule has 2 saturated carbocycles. The largest absolute Gasteiger partial charge is 0.391 e. The Bertz CT molecular complexity index is 991. The molecule has 1 unspecified atom stereocenters. The number of allylic oxidation sites excluding steroid dienone is 3. The van der Waals surface area contributed by atoms with E-state index >= 15 is 0 Å². The van der Waals surface area contributed by atoms with E-state index in [1.54, 1.807) is 0 Å². The molecule has 2 aliphatic carbocycles. The molecular weight excluding hydrogens is 402 g/mol. The van der Waals surface area contributed by atoms with Crippen molar-refractivity contribution in [1.29, 1.82) is 0 Å². The Hall–Kier alpha value is -2.03. The molecule has 1 aromatic carbocycles. The minimum atomic E-state index is 0.605. The van der Waals surface area contributed by atoms with Gasteiger partial charge in [0, 0.05) is 25.4 Å². The van der Waals surface area contributed by atoms with E-state index in [1.807, 2.05) is 0 Å². The molecule has 1 aromatic heterocycles. The highest BCUT2D eigenvalue weighted by molar-refractivity contribution is 5.82. The molecule has 2 aromatic rings. The van der Waals surface area contributed by atoms with E-state index < -0.39 is 0 Å². The van der Waals surface area contributed by atoms with E-state index in [-0.39, 0.29) is 0 Å². The average Bonchev–Trinajstić information content (AvgIpc) is 3.61. The van der Waals surface area contributed by atoms with Crippen molar-refractivity contribution < 1.29 is 0 Å². The second-order valence-electron chi connectivity index (χ2n) is 10.9. The molecule has 1 heterocycles. The van der Waals surface area contributed by atoms with E-state index in [9.17, 15) is 0 Å². The monoisotopic (exact) mass is 447 g/mol. The van der Waals surface area contributed by atoms with Crippen LogP contribution in [0.25, 0.3) is 16.6 Å². The summed E-state index contributed by atoms with van der Waals surface area (Å²) in [7, 11) is 2.16. The third-order valence-corrected chi connectivity index (χ3v) is 8.28. The molecule has 3 nitrogen and oxygen atoms in total. The van der Waals surface area contributed by atoms with Gasteiger partial charge in [0.2, 0.25) is 0 Å². The summed E-state index contributed by atoms with van der Waals surface area (Å²) in [4.78, 5) is 5.16. The minimum Gasteiger partial charge on any atom is -0.391 e. The van der Waals surface area contributed by atoms with Crippen molar-refractivity contribution >= 4 is 16.6 Å². The first-order chi connectivity index (χ1) is 16.0. The second kappa shape index (κ2) is 10.9. The molecule has 3 heteroatoms. The number of rotatable bonds is 9. The van der Waals surface area contributed by atoms with Crippen LogP contribution in [-0.4, -0.2) is 16.1 Å². The molecule has 0 spiro atoms. The molecule has 1 N–H and O–H groups in total. The SMILES string of the molecule is CCN/C=C(\C=C(\C)CC1CC1)c1nc2cc([C@@H](C)C3CCC[C@@H](CC)CC3)ccc2n1C. The van der Waals surface area contributed by atoms with Gasteiger partial charge in [0.05, 0.1) is 11.0 Å². The van der Waals surface area contributed by atoms with Crippen LogP contribution in [0.4, 0.5) is 0 Å². The fourth-order valence-electron chi connectivity index (χ4n) is 5.83. The zero-order valence-electron chi connectivity index (χ0n) is 21.7. The van der Waals surface area contributed by atoms with Gasteiger partial charge in [-0.05, 0) is 87.3 Å². The van der Waals surface area contributed by atoms with Gasteiger partial charge in [-0.3, -0.25) is 0 Å². The molecule has 180 valence electrons. The Morgan fingerprint density at radius 3 is 2.64 bits per heavy atom. The Kier molecular flexibility index (Phi) is 7.98. The van der Waals surface area contributed by atoms with E-state index in [0.29, 0.717) is 5.92 Å². The number of hydrogen-bond acceptors (Lipinski definition) is 2. The van der Waals surface area contributed by atoms with Crippen LogP contribution in [0.3, 0.4) is 0 Å². The normalized spacial score (nSPS) is 23.5. The van der Waals surface area contributed by atoms with Crippen LogP contribution in [-0.2, 0) is 7.05 Å². The van der Waals surface area contributed by atoms with E-state index in [2.05, 4.69) is 75.1 Å². The number of aromatic nitrogens is 2. The summed E-state index contributed by atoms with van der Waals surface area (Å²) in [5, 5.41) is 3.42. The molecule has 33 heavy (non-hydrogen) atoms. The van der Waals surface area contributed by atoms with Crippen molar-refractivity contribution in [3.05, 3.63) is 47.4 Å². The number of nitrogens with one attached hydrogen (secondary N) is 1. The van der Waals surface area contributed by atoms with Crippen molar-refractivity contribution in [2.45, 2.75) is 91.4 Å². The predicted octanol–water partition coefficient (Wildman–Crippen LogP) is 7.98. The zero-order valence-corrected chi connectivity index (χ0v) is 21.7. The van der Waals surface area contributed by atoms with Crippen LogP contribution in [0.1, 0.15) is 103 Å². The van der Waals surface area contributed by atoms with Gasteiger partial charge in [-0.2, -0.15) is 0 Å². The fraction of sp³-hybridized carbons (Fsp3) is 0.633. The van der Waals surface area contributed by atoms with E-state index in [4.69, 9.17) is 4.98 Å². The summed E-state index contributed by atoms with van der Waals surface area (Å²) in [5.74, 6) is 4.32. The minimum absolute atomic E-state index is 0.605. The van der Waals surface area contributed by atoms with Crippen LogP contribution < -0.4 is 5.32 Å². The zero-order chi connectivity index (χ0) is 23.4. The lowest BCUT2D eigenvalue weighted by Crippen LogP contribution is -2.09. The summed E-state index contributed by atoms with van der Waals surface area (Å²) >= 11 is 0. The lowest BCUT2D eigenvalue weighted by Gasteiger charge is -2.23. The lowest BCUT2D eigenvalue weighted by atomic mass is 9.82. The molecule has 0 radical (unpaired) electrons. The Balaban J connectivity index is 1.59. The lowest BCUT2D eigenvalue weighted by molar-refractivity contribution is 0.381. The summed E-state index contributed by atoms with van der Waals surface area (Å²) in [5.41, 5.74) is 6.47. The third kappa shape index (κ3) is 5.91. The Morgan fingerprint density at radius 2 is 1.91 bits per heavy atom. The number of nitrogens with zero attached hydrogens (tertiary/aromatic N) is 2. The summed E-state index contributed by atoms with van der Waals surface area (Å²) in [6.07, 6.45) is 16.8. The molecular formula is C30H45N3. The Labute approximate surface area is 201 Å². The maximum atomic E-state index is 5.16. The van der Waals surface area contributed by atoms with Gasteiger partial charge in [-0.25, -0.2) is 4.98 Å². The smallest absolute Gasteiger partial charge is 0.142 e. The fourth-order valence-corrected chi connectivity index (χ4v) is 5.83. The predicted molar refractivity (Wildman–Crippen MR) is 142 cm³/mol. The quantitative estimate of drug-likeness (QED) is 0.312. The third-order valence-electron chi connectivity index (χ3n) is 8.28. The maximum absolute atomic E-state index is 5.16. The molecule has 4 rings (SSSR count). The van der Waals surface area contributed by atoms with Gasteiger partial charge < -0.3 is 9.88 Å². The van der Waals surface area contributed by atoms with Crippen LogP contribution in [0, 0.1) is 17.8 Å². The highest BCUT2D eigenvalue weighted by atomic mass is 15.1. The number of fused-ring (bicyclic) bond motifs is 1. The van der Waals surface area contributed by atoms with Gasteiger partial charge in [-0.15, -0.1) is 0 Å². The molecule has 0 saturated heterocycles. The van der Waals surface area contributed by atoms with Crippen molar-refractivity contribution in [2.24, 2.45) is 24.8 Å². The van der Waals surface area contributed by atoms with Gasteiger partial charge in [0.25, 0.3) is 0 Å². The molecule has 2 aliphatic rings. The first kappa shape index (κ1) is 24.1. The van der Waals surface area contributed by atoms with Gasteiger partial charge in [0.1, 0.15) is 5.82 Å². The van der Waals surface area contributed by atoms with Crippen molar-refractivity contribution in [2.75, 3.05) is 6.54 Å². The molecule has 0 bridgehead atoms. The van der Waals surface area contributed by atoms with Crippen LogP contribution in [0.5, 0.6) is 0 Å². The van der Waals surface area contributed by atoms with Crippen LogP contribution in [0.15, 0.2) is 36.0 Å². The summed E-state index contributed by atoms with van der Waals surface area (Å²) in [6.45, 7) is 10.2. The summed E-state index contributed by atoms with van der Waals surface area (Å²) < 4.78 is 2.27. The molecule has 0 amide bonds. The Morgan fingerprint density at radius 1 is 1.12 bits per heavy atom.